The topological polar surface area (TPSA) is 171 Å². The van der Waals surface area contributed by atoms with Gasteiger partial charge in [-0.05, 0) is 38.5 Å². The standard InChI is InChI=1S/C22H26Cl2N2O9/c1-21(2,3)35-20(33)26-22(19(31)32)15-13(14(15)18(29)30)16(25-12(28)7-27)17(22)34-8-9-4-5-10(23)11(24)6-9/h4-6,13-17,27H,7-8H2,1-3H3,(H,25,28)(H,26,33)(H,29,30)(H,31,32). The number of alkyl carbamates (subject to hydrolysis) is 1. The number of fused-ring (bicyclic) bond motifs is 1. The molecule has 0 aromatic heterocycles. The largest absolute Gasteiger partial charge is 0.481 e. The average Bonchev–Trinajstić information content (AvgIpc) is 3.43. The number of carboxylic acids is 2. The Kier molecular flexibility index (Phi) is 7.56. The monoisotopic (exact) mass is 532 g/mol. The van der Waals surface area contributed by atoms with Crippen LogP contribution in [-0.4, -0.2) is 69.2 Å². The van der Waals surface area contributed by atoms with E-state index >= 15 is 0 Å². The molecule has 0 heterocycles. The number of carbonyl (C=O) groups excluding carboxylic acids is 2. The highest BCUT2D eigenvalue weighted by atomic mass is 35.5. The van der Waals surface area contributed by atoms with Gasteiger partial charge >= 0.3 is 18.0 Å². The molecule has 2 amide bonds. The van der Waals surface area contributed by atoms with E-state index in [1.807, 2.05) is 0 Å². The van der Waals surface area contributed by atoms with Crippen LogP contribution in [0.25, 0.3) is 0 Å². The van der Waals surface area contributed by atoms with Gasteiger partial charge in [-0.1, -0.05) is 29.3 Å². The first-order valence-electron chi connectivity index (χ1n) is 10.7. The fraction of sp³-hybridized carbons (Fsp3) is 0.545. The lowest BCUT2D eigenvalue weighted by Gasteiger charge is -2.38. The number of carboxylic acid groups (broad SMARTS) is 2. The molecular formula is C22H26Cl2N2O9. The lowest BCUT2D eigenvalue weighted by molar-refractivity contribution is -0.157. The SMILES string of the molecule is CC(C)(C)OC(=O)NC1(C(=O)O)C(OCc2ccc(Cl)c(Cl)c2)C(NC(=O)CO)C2C(C(=O)O)C21. The maximum atomic E-state index is 12.7. The van der Waals surface area contributed by atoms with Gasteiger partial charge in [0, 0.05) is 11.8 Å². The van der Waals surface area contributed by atoms with Crippen molar-refractivity contribution < 1.29 is 44.0 Å². The van der Waals surface area contributed by atoms with E-state index in [9.17, 15) is 34.5 Å². The molecule has 35 heavy (non-hydrogen) atoms. The summed E-state index contributed by atoms with van der Waals surface area (Å²) in [6.07, 6.45) is -2.50. The molecule has 2 fully saturated rings. The molecule has 192 valence electrons. The summed E-state index contributed by atoms with van der Waals surface area (Å²) in [5, 5.41) is 34.6. The Hall–Kier alpha value is -2.60. The van der Waals surface area contributed by atoms with Gasteiger partial charge < -0.3 is 35.4 Å². The summed E-state index contributed by atoms with van der Waals surface area (Å²) >= 11 is 12.0. The number of amides is 2. The first-order valence-corrected chi connectivity index (χ1v) is 11.4. The number of halogens is 2. The smallest absolute Gasteiger partial charge is 0.408 e. The second kappa shape index (κ2) is 9.81. The summed E-state index contributed by atoms with van der Waals surface area (Å²) in [5.74, 6) is -6.88. The first-order chi connectivity index (χ1) is 16.2. The molecule has 5 N–H and O–H groups in total. The molecular weight excluding hydrogens is 507 g/mol. The Balaban J connectivity index is 2.02. The minimum absolute atomic E-state index is 0.199. The number of rotatable bonds is 8. The highest BCUT2D eigenvalue weighted by Gasteiger charge is 2.80. The van der Waals surface area contributed by atoms with Gasteiger partial charge in [0.2, 0.25) is 5.91 Å². The molecule has 2 saturated carbocycles. The summed E-state index contributed by atoms with van der Waals surface area (Å²) < 4.78 is 11.2. The maximum Gasteiger partial charge on any atom is 0.408 e. The molecule has 11 nitrogen and oxygen atoms in total. The summed E-state index contributed by atoms with van der Waals surface area (Å²) in [4.78, 5) is 49.3. The number of hydrogen-bond acceptors (Lipinski definition) is 7. The molecule has 0 saturated heterocycles. The van der Waals surface area contributed by atoms with Crippen LogP contribution in [0.1, 0.15) is 26.3 Å². The minimum atomic E-state index is -2.25. The van der Waals surface area contributed by atoms with Crippen molar-refractivity contribution >= 4 is 47.1 Å². The van der Waals surface area contributed by atoms with E-state index < -0.39 is 71.6 Å². The molecule has 2 aliphatic rings. The van der Waals surface area contributed by atoms with Crippen molar-refractivity contribution in [2.24, 2.45) is 17.8 Å². The third-order valence-electron chi connectivity index (χ3n) is 6.02. The van der Waals surface area contributed by atoms with Crippen molar-refractivity contribution in [2.75, 3.05) is 6.61 Å². The highest BCUT2D eigenvalue weighted by molar-refractivity contribution is 6.42. The van der Waals surface area contributed by atoms with E-state index in [-0.39, 0.29) is 11.6 Å². The first kappa shape index (κ1) is 27.0. The highest BCUT2D eigenvalue weighted by Crippen LogP contribution is 2.63. The Bertz CT molecular complexity index is 1040. The van der Waals surface area contributed by atoms with Crippen molar-refractivity contribution in [1.29, 1.82) is 0 Å². The van der Waals surface area contributed by atoms with E-state index in [4.69, 9.17) is 32.7 Å². The number of benzene rings is 1. The van der Waals surface area contributed by atoms with Crippen molar-refractivity contribution in [3.63, 3.8) is 0 Å². The number of carbonyl (C=O) groups is 4. The van der Waals surface area contributed by atoms with Crippen LogP contribution in [-0.2, 0) is 30.5 Å². The van der Waals surface area contributed by atoms with E-state index in [2.05, 4.69) is 10.6 Å². The number of aliphatic carboxylic acids is 2. The maximum absolute atomic E-state index is 12.7. The fourth-order valence-electron chi connectivity index (χ4n) is 4.76. The zero-order valence-electron chi connectivity index (χ0n) is 19.1. The van der Waals surface area contributed by atoms with Gasteiger partial charge in [-0.15, -0.1) is 0 Å². The van der Waals surface area contributed by atoms with Gasteiger partial charge in [0.15, 0.2) is 5.54 Å². The average molecular weight is 533 g/mol. The number of nitrogens with one attached hydrogen (secondary N) is 2. The lowest BCUT2D eigenvalue weighted by Crippen LogP contribution is -2.67. The number of ether oxygens (including phenoxy) is 2. The molecule has 1 aromatic rings. The molecule has 6 atom stereocenters. The minimum Gasteiger partial charge on any atom is -0.481 e. The molecule has 6 unspecified atom stereocenters. The van der Waals surface area contributed by atoms with Crippen LogP contribution >= 0.6 is 23.2 Å². The Morgan fingerprint density at radius 1 is 1.11 bits per heavy atom. The van der Waals surface area contributed by atoms with E-state index in [1.165, 1.54) is 12.1 Å². The molecule has 0 aliphatic heterocycles. The second-order valence-electron chi connectivity index (χ2n) is 9.50. The van der Waals surface area contributed by atoms with Crippen molar-refractivity contribution in [3.05, 3.63) is 33.8 Å². The molecule has 2 aliphatic carbocycles. The van der Waals surface area contributed by atoms with Gasteiger partial charge in [-0.25, -0.2) is 9.59 Å². The molecule has 1 aromatic carbocycles. The number of aliphatic hydroxyl groups is 1. The quantitative estimate of drug-likeness (QED) is 0.333. The Morgan fingerprint density at radius 3 is 2.29 bits per heavy atom. The molecule has 13 heteroatoms. The van der Waals surface area contributed by atoms with Crippen molar-refractivity contribution in [3.8, 4) is 0 Å². The van der Waals surface area contributed by atoms with Crippen LogP contribution in [0.5, 0.6) is 0 Å². The zero-order chi connectivity index (χ0) is 26.3. The van der Waals surface area contributed by atoms with Gasteiger partial charge in [0.05, 0.1) is 28.6 Å². The van der Waals surface area contributed by atoms with Crippen molar-refractivity contribution in [1.82, 2.24) is 10.6 Å². The predicted molar refractivity (Wildman–Crippen MR) is 122 cm³/mol. The third kappa shape index (κ3) is 5.32. The fourth-order valence-corrected chi connectivity index (χ4v) is 5.08. The normalized spacial score (nSPS) is 29.1. The lowest BCUT2D eigenvalue weighted by atomic mass is 9.85. The molecule has 3 rings (SSSR count). The molecule has 0 bridgehead atoms. The number of hydrogen-bond donors (Lipinski definition) is 5. The van der Waals surface area contributed by atoms with Gasteiger partial charge in [0.1, 0.15) is 18.3 Å². The second-order valence-corrected chi connectivity index (χ2v) is 10.3. The Labute approximate surface area is 210 Å². The van der Waals surface area contributed by atoms with Crippen LogP contribution in [0.15, 0.2) is 18.2 Å². The van der Waals surface area contributed by atoms with Crippen LogP contribution in [0.3, 0.4) is 0 Å². The van der Waals surface area contributed by atoms with E-state index in [1.54, 1.807) is 26.8 Å². The van der Waals surface area contributed by atoms with Gasteiger partial charge in [0.25, 0.3) is 0 Å². The van der Waals surface area contributed by atoms with Gasteiger partial charge in [-0.3, -0.25) is 9.59 Å². The van der Waals surface area contributed by atoms with Crippen LogP contribution in [0.4, 0.5) is 4.79 Å². The summed E-state index contributed by atoms with van der Waals surface area (Å²) in [5.41, 5.74) is -2.71. The predicted octanol–water partition coefficient (Wildman–Crippen LogP) is 1.66. The summed E-state index contributed by atoms with van der Waals surface area (Å²) in [6.45, 7) is 3.63. The van der Waals surface area contributed by atoms with Crippen molar-refractivity contribution in [2.45, 2.75) is 50.7 Å². The number of aliphatic hydroxyl groups excluding tert-OH is 1. The van der Waals surface area contributed by atoms with Crippen LogP contribution in [0.2, 0.25) is 10.0 Å². The van der Waals surface area contributed by atoms with Crippen LogP contribution in [0, 0.1) is 17.8 Å². The van der Waals surface area contributed by atoms with E-state index in [0.29, 0.717) is 10.6 Å². The summed E-state index contributed by atoms with van der Waals surface area (Å²) in [6, 6.07) is 3.47. The van der Waals surface area contributed by atoms with E-state index in [0.717, 1.165) is 0 Å². The Morgan fingerprint density at radius 2 is 1.77 bits per heavy atom. The molecule has 0 spiro atoms. The third-order valence-corrected chi connectivity index (χ3v) is 6.76. The molecule has 0 radical (unpaired) electrons. The van der Waals surface area contributed by atoms with Crippen LogP contribution < -0.4 is 10.6 Å². The summed E-state index contributed by atoms with van der Waals surface area (Å²) in [7, 11) is 0. The zero-order valence-corrected chi connectivity index (χ0v) is 20.6. The van der Waals surface area contributed by atoms with Gasteiger partial charge in [-0.2, -0.15) is 0 Å².